The van der Waals surface area contributed by atoms with Crippen LogP contribution in [0.4, 0.5) is 0 Å². The molecule has 2 aliphatic carbocycles. The summed E-state index contributed by atoms with van der Waals surface area (Å²) in [6.45, 7) is 0. The van der Waals surface area contributed by atoms with Crippen molar-refractivity contribution in [1.82, 2.24) is 29.9 Å². The van der Waals surface area contributed by atoms with Crippen molar-refractivity contribution < 1.29 is 0 Å². The average Bonchev–Trinajstić information content (AvgIpc) is 3.89. The molecule has 10 aromatic carbocycles. The zero-order valence-electron chi connectivity index (χ0n) is 34.2. The molecule has 64 heavy (non-hydrogen) atoms. The minimum absolute atomic E-state index is 0.669. The van der Waals surface area contributed by atoms with E-state index in [1.165, 1.54) is 135 Å². The Morgan fingerprint density at radius 1 is 0.250 bits per heavy atom. The molecule has 0 unspecified atom stereocenters. The number of nitrogens with zero attached hydrogens (tertiary/aromatic N) is 6. The van der Waals surface area contributed by atoms with Crippen LogP contribution in [0, 0.1) is 0 Å². The minimum Gasteiger partial charge on any atom is -0.225 e. The summed E-state index contributed by atoms with van der Waals surface area (Å²) in [6.07, 6.45) is 6.15. The van der Waals surface area contributed by atoms with Gasteiger partial charge >= 0.3 is 0 Å². The smallest absolute Gasteiger partial charge is 0.162 e. The van der Waals surface area contributed by atoms with E-state index in [0.717, 1.165) is 22.3 Å². The largest absolute Gasteiger partial charge is 0.225 e. The van der Waals surface area contributed by atoms with Gasteiger partial charge in [-0.3, -0.25) is 0 Å². The summed E-state index contributed by atoms with van der Waals surface area (Å²) in [7, 11) is 0. The van der Waals surface area contributed by atoms with E-state index in [0.29, 0.717) is 11.6 Å². The van der Waals surface area contributed by atoms with E-state index >= 15 is 0 Å². The molecule has 0 atom stereocenters. The molecule has 294 valence electrons. The highest BCUT2D eigenvalue weighted by Gasteiger charge is 2.29. The molecule has 2 aromatic heterocycles. The van der Waals surface area contributed by atoms with Gasteiger partial charge in [-0.1, -0.05) is 140 Å². The monoisotopic (exact) mass is 812 g/mol. The summed E-state index contributed by atoms with van der Waals surface area (Å²) >= 11 is 0. The van der Waals surface area contributed by atoms with E-state index in [1.54, 1.807) is 0 Å². The van der Waals surface area contributed by atoms with Crippen molar-refractivity contribution >= 4 is 43.1 Å². The molecule has 2 aliphatic rings. The lowest BCUT2D eigenvalue weighted by Crippen LogP contribution is -1.89. The second-order valence-corrected chi connectivity index (χ2v) is 16.7. The van der Waals surface area contributed by atoms with Crippen molar-refractivity contribution in [2.75, 3.05) is 0 Å². The Morgan fingerprint density at radius 3 is 1.47 bits per heavy atom. The highest BCUT2D eigenvalue weighted by atomic mass is 15.0. The van der Waals surface area contributed by atoms with Crippen molar-refractivity contribution in [3.8, 4) is 101 Å². The van der Waals surface area contributed by atoms with Crippen LogP contribution in [0.15, 0.2) is 195 Å². The first-order valence-electron chi connectivity index (χ1n) is 21.5. The van der Waals surface area contributed by atoms with Gasteiger partial charge in [0.1, 0.15) is 25.3 Å². The van der Waals surface area contributed by atoms with E-state index in [4.69, 9.17) is 0 Å². The van der Waals surface area contributed by atoms with Crippen LogP contribution in [0.3, 0.4) is 0 Å². The topological polar surface area (TPSA) is 77.3 Å². The molecule has 0 N–H and O–H groups in total. The maximum absolute atomic E-state index is 4.35. The van der Waals surface area contributed by atoms with Gasteiger partial charge in [0.05, 0.1) is 0 Å². The van der Waals surface area contributed by atoms with Crippen molar-refractivity contribution in [2.24, 2.45) is 0 Å². The van der Waals surface area contributed by atoms with Crippen molar-refractivity contribution in [2.45, 2.75) is 0 Å². The van der Waals surface area contributed by atoms with Gasteiger partial charge in [-0.2, -0.15) is 0 Å². The van der Waals surface area contributed by atoms with Crippen LogP contribution in [0.25, 0.3) is 144 Å². The van der Waals surface area contributed by atoms with Crippen molar-refractivity contribution in [1.29, 1.82) is 0 Å². The predicted molar refractivity (Wildman–Crippen MR) is 259 cm³/mol. The Hall–Kier alpha value is -8.74. The Bertz CT molecular complexity index is 3920. The number of hydrogen-bond acceptors (Lipinski definition) is 6. The van der Waals surface area contributed by atoms with Crippen LogP contribution in [0.2, 0.25) is 0 Å². The number of hydrogen-bond donors (Lipinski definition) is 0. The van der Waals surface area contributed by atoms with E-state index in [9.17, 15) is 0 Å². The predicted octanol–water partition coefficient (Wildman–Crippen LogP) is 14.3. The van der Waals surface area contributed by atoms with Gasteiger partial charge in [0, 0.05) is 11.1 Å². The zero-order valence-corrected chi connectivity index (χ0v) is 34.2. The van der Waals surface area contributed by atoms with Crippen LogP contribution in [0.5, 0.6) is 0 Å². The van der Waals surface area contributed by atoms with Gasteiger partial charge in [-0.25, -0.2) is 29.9 Å². The van der Waals surface area contributed by atoms with E-state index in [1.807, 2.05) is 0 Å². The molecule has 14 rings (SSSR count). The molecular weight excluding hydrogens is 781 g/mol. The Balaban J connectivity index is 0.912. The molecule has 0 aliphatic heterocycles. The average molecular weight is 813 g/mol. The maximum Gasteiger partial charge on any atom is 0.162 e. The first-order chi connectivity index (χ1) is 31.7. The highest BCUT2D eigenvalue weighted by molar-refractivity contribution is 6.28. The fraction of sp³-hybridized carbons (Fsp3) is 0. The lowest BCUT2D eigenvalue weighted by Gasteiger charge is -2.14. The fourth-order valence-electron chi connectivity index (χ4n) is 10.5. The molecule has 0 spiro atoms. The molecule has 0 fully saturated rings. The van der Waals surface area contributed by atoms with E-state index in [-0.39, 0.29) is 0 Å². The van der Waals surface area contributed by atoms with Crippen LogP contribution < -0.4 is 0 Å². The van der Waals surface area contributed by atoms with Gasteiger partial charge in [0.25, 0.3) is 0 Å². The van der Waals surface area contributed by atoms with Gasteiger partial charge in [0.15, 0.2) is 11.6 Å². The second kappa shape index (κ2) is 13.4. The lowest BCUT2D eigenvalue weighted by atomic mass is 9.89. The fourth-order valence-corrected chi connectivity index (χ4v) is 10.5. The van der Waals surface area contributed by atoms with Crippen LogP contribution in [-0.4, -0.2) is 29.9 Å². The lowest BCUT2D eigenvalue weighted by molar-refractivity contribution is 1.06. The normalized spacial score (nSPS) is 12.1. The van der Waals surface area contributed by atoms with E-state index < -0.39 is 0 Å². The summed E-state index contributed by atoms with van der Waals surface area (Å²) in [4.78, 5) is 25.3. The van der Waals surface area contributed by atoms with Crippen LogP contribution in [0.1, 0.15) is 0 Å². The minimum atomic E-state index is 0.669. The third kappa shape index (κ3) is 5.14. The third-order valence-corrected chi connectivity index (χ3v) is 13.4. The van der Waals surface area contributed by atoms with Gasteiger partial charge in [-0.05, 0) is 151 Å². The molecule has 12 aromatic rings. The zero-order chi connectivity index (χ0) is 41.9. The summed E-state index contributed by atoms with van der Waals surface area (Å²) in [5.41, 5.74) is 19.3. The Morgan fingerprint density at radius 2 is 0.766 bits per heavy atom. The summed E-state index contributed by atoms with van der Waals surface area (Å²) in [6, 6.07) is 63.0. The molecule has 0 saturated carbocycles. The quantitative estimate of drug-likeness (QED) is 0.161. The highest BCUT2D eigenvalue weighted by Crippen LogP contribution is 2.56. The van der Waals surface area contributed by atoms with Crippen molar-refractivity contribution in [3.63, 3.8) is 0 Å². The number of rotatable bonds is 5. The van der Waals surface area contributed by atoms with Crippen LogP contribution >= 0.6 is 0 Å². The molecule has 0 saturated heterocycles. The second-order valence-electron chi connectivity index (χ2n) is 16.7. The maximum atomic E-state index is 4.35. The molecule has 0 amide bonds. The van der Waals surface area contributed by atoms with Crippen molar-refractivity contribution in [3.05, 3.63) is 195 Å². The summed E-state index contributed by atoms with van der Waals surface area (Å²) < 4.78 is 0. The molecular formula is C58H32N6. The molecule has 2 heterocycles. The van der Waals surface area contributed by atoms with Gasteiger partial charge in [-0.15, -0.1) is 0 Å². The summed E-state index contributed by atoms with van der Waals surface area (Å²) in [5.74, 6) is 1.34. The standard InChI is InChI=1S/C58H32N6/c1-2-6-44-39(4-1)24-42-19-21-45(54-49-23-17-38(28-51(49)56(44)53(42)54)34-10-14-36(15-11-34)58-63-31-60-32-64-58)40-18-20-46-43(25-40)26-41-5-3-7-48-47-22-16-37(27-50(47)55(46)52(41)48)33-8-12-35(13-9-33)57-61-29-59-30-62-57/h1-32H. The Labute approximate surface area is 367 Å². The SMILES string of the molecule is c1ccc2c3c4c(c(-c5ccc6c7c8c(cccc8cc6c5)-c5ccc(-c6ccc(-c8ncncn8)cc6)cc5-7)ccc4cc2c1)-c1ccc(-c2ccc(-c4ncncn4)cc2)cc1-3. The number of fused-ring (bicyclic) bond motifs is 10. The molecule has 0 bridgehead atoms. The van der Waals surface area contributed by atoms with Crippen LogP contribution in [-0.2, 0) is 0 Å². The first kappa shape index (κ1) is 34.9. The van der Waals surface area contributed by atoms with E-state index in [2.05, 4.69) is 200 Å². The molecule has 6 heteroatoms. The third-order valence-electron chi connectivity index (χ3n) is 13.4. The van der Waals surface area contributed by atoms with Gasteiger partial charge < -0.3 is 0 Å². The first-order valence-corrected chi connectivity index (χ1v) is 21.5. The number of benzene rings is 10. The number of aromatic nitrogens is 6. The molecule has 0 radical (unpaired) electrons. The van der Waals surface area contributed by atoms with Gasteiger partial charge in [0.2, 0.25) is 0 Å². The molecule has 6 nitrogen and oxygen atoms in total. The Kier molecular flexibility index (Phi) is 7.30. The summed E-state index contributed by atoms with van der Waals surface area (Å²) in [5, 5.41) is 10.2.